The molecule has 0 spiro atoms. The SMILES string of the molecule is FC(F)(F)c1cc(-c2cc[c]c(C(F)(F)F)c2C(F)(F)F)cc(C(F)(F)F)c1. The summed E-state index contributed by atoms with van der Waals surface area (Å²) in [6.07, 6.45) is -22.1. The highest BCUT2D eigenvalue weighted by atomic mass is 19.4. The Bertz CT molecular complexity index is 833. The second kappa shape index (κ2) is 6.59. The van der Waals surface area contributed by atoms with Crippen LogP contribution in [0, 0.1) is 6.07 Å². The van der Waals surface area contributed by atoms with Crippen molar-refractivity contribution in [3.63, 3.8) is 0 Å². The van der Waals surface area contributed by atoms with Crippen molar-refractivity contribution in [2.45, 2.75) is 24.7 Å². The minimum atomic E-state index is -5.73. The lowest BCUT2D eigenvalue weighted by Gasteiger charge is -2.20. The van der Waals surface area contributed by atoms with Gasteiger partial charge in [-0.15, -0.1) is 0 Å². The van der Waals surface area contributed by atoms with Crippen LogP contribution in [0.2, 0.25) is 0 Å². The van der Waals surface area contributed by atoms with Crippen molar-refractivity contribution in [3.05, 3.63) is 58.7 Å². The van der Waals surface area contributed by atoms with E-state index in [1.165, 1.54) is 6.07 Å². The van der Waals surface area contributed by atoms with Crippen molar-refractivity contribution in [2.24, 2.45) is 0 Å². The zero-order valence-electron chi connectivity index (χ0n) is 12.9. The van der Waals surface area contributed by atoms with E-state index in [1.807, 2.05) is 0 Å². The Morgan fingerprint density at radius 3 is 1.39 bits per heavy atom. The predicted molar refractivity (Wildman–Crippen MR) is 70.7 cm³/mol. The third-order valence-electron chi connectivity index (χ3n) is 3.46. The van der Waals surface area contributed by atoms with Gasteiger partial charge in [0.1, 0.15) is 0 Å². The molecule has 2 aromatic rings. The Hall–Kier alpha value is -2.40. The van der Waals surface area contributed by atoms with Gasteiger partial charge in [0.05, 0.1) is 22.3 Å². The van der Waals surface area contributed by atoms with Gasteiger partial charge in [-0.25, -0.2) is 0 Å². The van der Waals surface area contributed by atoms with Gasteiger partial charge < -0.3 is 0 Å². The zero-order chi connectivity index (χ0) is 21.7. The van der Waals surface area contributed by atoms with Gasteiger partial charge in [-0.1, -0.05) is 12.1 Å². The van der Waals surface area contributed by atoms with Gasteiger partial charge in [0, 0.05) is 0 Å². The van der Waals surface area contributed by atoms with E-state index in [-0.39, 0.29) is 18.2 Å². The van der Waals surface area contributed by atoms with Gasteiger partial charge in [-0.05, 0) is 35.4 Å². The lowest BCUT2D eigenvalue weighted by molar-refractivity contribution is -0.161. The maximum atomic E-state index is 13.2. The summed E-state index contributed by atoms with van der Waals surface area (Å²) in [6, 6.07) is 1.42. The maximum absolute atomic E-state index is 13.2. The molecule has 0 aliphatic rings. The van der Waals surface area contributed by atoms with E-state index in [0.717, 1.165) is 0 Å². The van der Waals surface area contributed by atoms with Gasteiger partial charge in [0.15, 0.2) is 0 Å². The minimum absolute atomic E-state index is 0.0834. The average Bonchev–Trinajstić information content (AvgIpc) is 2.50. The minimum Gasteiger partial charge on any atom is -0.166 e. The number of hydrogen-bond acceptors (Lipinski definition) is 0. The summed E-state index contributed by atoms with van der Waals surface area (Å²) in [5, 5.41) is 0. The van der Waals surface area contributed by atoms with Crippen LogP contribution >= 0.6 is 0 Å². The second-order valence-electron chi connectivity index (χ2n) is 5.43. The highest BCUT2D eigenvalue weighted by Gasteiger charge is 2.45. The molecule has 0 aliphatic heterocycles. The van der Waals surface area contributed by atoms with E-state index in [2.05, 4.69) is 0 Å². The van der Waals surface area contributed by atoms with Crippen LogP contribution in [0.1, 0.15) is 22.3 Å². The second-order valence-corrected chi connectivity index (χ2v) is 5.43. The van der Waals surface area contributed by atoms with Gasteiger partial charge in [0.25, 0.3) is 0 Å². The number of alkyl halides is 12. The third kappa shape index (κ3) is 4.53. The number of hydrogen-bond donors (Lipinski definition) is 0. The van der Waals surface area contributed by atoms with Gasteiger partial charge in [-0.2, -0.15) is 52.7 Å². The summed E-state index contributed by atoms with van der Waals surface area (Å²) in [5.41, 5.74) is -11.5. The van der Waals surface area contributed by atoms with Gasteiger partial charge in [-0.3, -0.25) is 0 Å². The van der Waals surface area contributed by atoms with Crippen molar-refractivity contribution in [3.8, 4) is 11.1 Å². The van der Waals surface area contributed by atoms with Crippen LogP contribution in [-0.4, -0.2) is 0 Å². The quantitative estimate of drug-likeness (QED) is 0.423. The Labute approximate surface area is 148 Å². The largest absolute Gasteiger partial charge is 0.417 e. The van der Waals surface area contributed by atoms with Crippen LogP contribution in [0.5, 0.6) is 0 Å². The van der Waals surface area contributed by atoms with Crippen molar-refractivity contribution < 1.29 is 52.7 Å². The molecular formula is C16H5F12. The zero-order valence-corrected chi connectivity index (χ0v) is 12.9. The fraction of sp³-hybridized carbons (Fsp3) is 0.250. The van der Waals surface area contributed by atoms with E-state index in [4.69, 9.17) is 0 Å². The lowest BCUT2D eigenvalue weighted by Crippen LogP contribution is -2.18. The highest BCUT2D eigenvalue weighted by molar-refractivity contribution is 5.71. The molecule has 12 heteroatoms. The summed E-state index contributed by atoms with van der Waals surface area (Å²) in [6.45, 7) is 0. The normalized spacial score (nSPS) is 13.7. The standard InChI is InChI=1S/C16H5F12/c17-13(18,19)8-4-7(5-9(6-8)14(20,21)22)10-2-1-3-11(15(23,24)25)12(10)16(26,27)28/h1-2,4-6H. The Kier molecular flexibility index (Phi) is 5.15. The van der Waals surface area contributed by atoms with Crippen molar-refractivity contribution in [1.29, 1.82) is 0 Å². The van der Waals surface area contributed by atoms with Crippen molar-refractivity contribution >= 4 is 0 Å². The summed E-state index contributed by atoms with van der Waals surface area (Å²) in [7, 11) is 0. The number of benzene rings is 2. The van der Waals surface area contributed by atoms with Crippen LogP contribution in [-0.2, 0) is 24.7 Å². The molecule has 0 saturated carbocycles. The number of halogens is 12. The topological polar surface area (TPSA) is 0 Å². The molecule has 2 rings (SSSR count). The molecule has 0 aromatic heterocycles. The molecule has 0 saturated heterocycles. The van der Waals surface area contributed by atoms with E-state index in [9.17, 15) is 52.7 Å². The molecule has 28 heavy (non-hydrogen) atoms. The molecule has 0 fully saturated rings. The molecule has 1 radical (unpaired) electrons. The molecule has 0 N–H and O–H groups in total. The lowest BCUT2D eigenvalue weighted by atomic mass is 9.92. The Morgan fingerprint density at radius 2 is 1.04 bits per heavy atom. The van der Waals surface area contributed by atoms with Gasteiger partial charge in [0.2, 0.25) is 0 Å². The molecule has 0 atom stereocenters. The first-order valence-electron chi connectivity index (χ1n) is 6.91. The first-order chi connectivity index (χ1) is 12.4. The Morgan fingerprint density at radius 1 is 0.571 bits per heavy atom. The van der Waals surface area contributed by atoms with Crippen LogP contribution in [0.4, 0.5) is 52.7 Å². The van der Waals surface area contributed by atoms with Crippen molar-refractivity contribution in [2.75, 3.05) is 0 Å². The first kappa shape index (κ1) is 21.9. The van der Waals surface area contributed by atoms with E-state index in [1.54, 1.807) is 0 Å². The fourth-order valence-corrected chi connectivity index (χ4v) is 2.37. The van der Waals surface area contributed by atoms with Gasteiger partial charge >= 0.3 is 24.7 Å². The molecule has 0 unspecified atom stereocenters. The highest BCUT2D eigenvalue weighted by Crippen LogP contribution is 2.46. The summed E-state index contributed by atoms with van der Waals surface area (Å²) in [5.74, 6) is 0. The molecule has 2 aromatic carbocycles. The average molecular weight is 425 g/mol. The summed E-state index contributed by atoms with van der Waals surface area (Å²) >= 11 is 0. The van der Waals surface area contributed by atoms with E-state index in [0.29, 0.717) is 12.1 Å². The van der Waals surface area contributed by atoms with Crippen LogP contribution < -0.4 is 0 Å². The van der Waals surface area contributed by atoms with E-state index >= 15 is 0 Å². The fourth-order valence-electron chi connectivity index (χ4n) is 2.37. The number of rotatable bonds is 1. The third-order valence-corrected chi connectivity index (χ3v) is 3.46. The van der Waals surface area contributed by atoms with Crippen molar-refractivity contribution in [1.82, 2.24) is 0 Å². The summed E-state index contributed by atoms with van der Waals surface area (Å²) < 4.78 is 156. The molecule has 0 aliphatic carbocycles. The monoisotopic (exact) mass is 425 g/mol. The summed E-state index contributed by atoms with van der Waals surface area (Å²) in [4.78, 5) is 0. The predicted octanol–water partition coefficient (Wildman–Crippen LogP) is 7.23. The van der Waals surface area contributed by atoms with Crippen LogP contribution in [0.25, 0.3) is 11.1 Å². The van der Waals surface area contributed by atoms with E-state index < -0.39 is 58.1 Å². The molecule has 0 heterocycles. The first-order valence-corrected chi connectivity index (χ1v) is 6.91. The van der Waals surface area contributed by atoms with Crippen LogP contribution in [0.15, 0.2) is 30.3 Å². The molecule has 153 valence electrons. The molecule has 0 nitrogen and oxygen atoms in total. The molecule has 0 amide bonds. The Balaban J connectivity index is 2.92. The smallest absolute Gasteiger partial charge is 0.166 e. The maximum Gasteiger partial charge on any atom is 0.417 e. The molecular weight excluding hydrogens is 420 g/mol. The molecule has 0 bridgehead atoms. The van der Waals surface area contributed by atoms with Crippen LogP contribution in [0.3, 0.4) is 0 Å².